The van der Waals surface area contributed by atoms with Gasteiger partial charge in [0.1, 0.15) is 0 Å². The highest BCUT2D eigenvalue weighted by Crippen LogP contribution is 2.14. The van der Waals surface area contributed by atoms with E-state index >= 15 is 0 Å². The number of morpholine rings is 1. The minimum Gasteiger partial charge on any atom is -0.374 e. The Morgan fingerprint density at radius 3 is 2.81 bits per heavy atom. The lowest BCUT2D eigenvalue weighted by molar-refractivity contribution is -0.140. The molecule has 0 aromatic carbocycles. The van der Waals surface area contributed by atoms with Crippen molar-refractivity contribution >= 4 is 11.8 Å². The first-order chi connectivity index (χ1) is 7.58. The normalized spacial score (nSPS) is 27.5. The van der Waals surface area contributed by atoms with Gasteiger partial charge in [0.25, 0.3) is 11.8 Å². The van der Waals surface area contributed by atoms with Gasteiger partial charge in [-0.25, -0.2) is 0 Å². The van der Waals surface area contributed by atoms with Crippen molar-refractivity contribution in [3.8, 4) is 0 Å². The lowest BCUT2D eigenvalue weighted by Crippen LogP contribution is -2.47. The van der Waals surface area contributed by atoms with Crippen LogP contribution in [0.5, 0.6) is 0 Å². The lowest BCUT2D eigenvalue weighted by Gasteiger charge is -2.31. The van der Waals surface area contributed by atoms with Crippen LogP contribution in [0.1, 0.15) is 6.92 Å². The smallest absolute Gasteiger partial charge is 0.256 e. The van der Waals surface area contributed by atoms with Crippen molar-refractivity contribution in [3.05, 3.63) is 11.6 Å². The fraction of sp³-hybridized carbons (Fsp3) is 0.636. The highest BCUT2D eigenvalue weighted by atomic mass is 16.5. The van der Waals surface area contributed by atoms with E-state index < -0.39 is 0 Å². The van der Waals surface area contributed by atoms with Gasteiger partial charge in [-0.15, -0.1) is 0 Å². The molecule has 0 aromatic rings. The Morgan fingerprint density at radius 2 is 2.25 bits per heavy atom. The second-order valence-electron chi connectivity index (χ2n) is 4.34. The number of carbonyl (C=O) groups excluding carboxylic acids is 2. The van der Waals surface area contributed by atoms with E-state index in [1.54, 1.807) is 6.92 Å². The maximum absolute atomic E-state index is 11.6. The van der Waals surface area contributed by atoms with E-state index in [-0.39, 0.29) is 17.9 Å². The molecule has 1 saturated heterocycles. The third-order valence-corrected chi connectivity index (χ3v) is 2.92. The molecule has 0 aliphatic carbocycles. The molecule has 2 heterocycles. The van der Waals surface area contributed by atoms with E-state index in [9.17, 15) is 9.59 Å². The quantitative estimate of drug-likeness (QED) is 0.601. The van der Waals surface area contributed by atoms with Gasteiger partial charge < -0.3 is 9.64 Å². The van der Waals surface area contributed by atoms with Crippen LogP contribution >= 0.6 is 0 Å². The summed E-state index contributed by atoms with van der Waals surface area (Å²) in [6, 6.07) is 0. The number of imide groups is 1. The standard InChI is InChI=1S/C11H16N2O3/c1-8-5-10(14)13(11(8)15)7-9-6-12(2)3-4-16-9/h5,9H,3-4,6-7H2,1-2H3. The van der Waals surface area contributed by atoms with Crippen LogP contribution < -0.4 is 0 Å². The molecular formula is C11H16N2O3. The molecule has 1 unspecified atom stereocenters. The molecule has 5 nitrogen and oxygen atoms in total. The van der Waals surface area contributed by atoms with Gasteiger partial charge in [0.15, 0.2) is 0 Å². The van der Waals surface area contributed by atoms with Gasteiger partial charge in [-0.1, -0.05) is 0 Å². The van der Waals surface area contributed by atoms with Gasteiger partial charge in [0, 0.05) is 24.7 Å². The number of hydrogen-bond donors (Lipinski definition) is 0. The van der Waals surface area contributed by atoms with Crippen LogP contribution in [0, 0.1) is 0 Å². The Kier molecular flexibility index (Phi) is 3.07. The fourth-order valence-electron chi connectivity index (χ4n) is 1.99. The van der Waals surface area contributed by atoms with E-state index in [1.165, 1.54) is 11.0 Å². The SMILES string of the molecule is CC1=CC(=O)N(CC2CN(C)CCO2)C1=O. The third kappa shape index (κ3) is 2.15. The Balaban J connectivity index is 1.95. The van der Waals surface area contributed by atoms with Gasteiger partial charge in [-0.2, -0.15) is 0 Å². The van der Waals surface area contributed by atoms with Crippen LogP contribution in [-0.4, -0.2) is 61.0 Å². The molecule has 16 heavy (non-hydrogen) atoms. The molecule has 2 rings (SSSR count). The zero-order chi connectivity index (χ0) is 11.7. The summed E-state index contributed by atoms with van der Waals surface area (Å²) < 4.78 is 5.53. The zero-order valence-corrected chi connectivity index (χ0v) is 9.60. The molecule has 0 N–H and O–H groups in total. The average molecular weight is 224 g/mol. The topological polar surface area (TPSA) is 49.9 Å². The van der Waals surface area contributed by atoms with Crippen LogP contribution in [-0.2, 0) is 14.3 Å². The van der Waals surface area contributed by atoms with Crippen molar-refractivity contribution in [1.82, 2.24) is 9.80 Å². The number of nitrogens with zero attached hydrogens (tertiary/aromatic N) is 2. The monoisotopic (exact) mass is 224 g/mol. The van der Waals surface area contributed by atoms with E-state index in [4.69, 9.17) is 4.74 Å². The number of likely N-dealkylation sites (N-methyl/N-ethyl adjacent to an activating group) is 1. The second-order valence-corrected chi connectivity index (χ2v) is 4.34. The van der Waals surface area contributed by atoms with Crippen molar-refractivity contribution in [1.29, 1.82) is 0 Å². The summed E-state index contributed by atoms with van der Waals surface area (Å²) in [5.74, 6) is -0.416. The summed E-state index contributed by atoms with van der Waals surface area (Å²) >= 11 is 0. The Morgan fingerprint density at radius 1 is 1.50 bits per heavy atom. The van der Waals surface area contributed by atoms with Crippen molar-refractivity contribution in [3.63, 3.8) is 0 Å². The van der Waals surface area contributed by atoms with Crippen LogP contribution in [0.3, 0.4) is 0 Å². The predicted molar refractivity (Wildman–Crippen MR) is 57.7 cm³/mol. The van der Waals surface area contributed by atoms with Crippen LogP contribution in [0.4, 0.5) is 0 Å². The van der Waals surface area contributed by atoms with Gasteiger partial charge in [-0.3, -0.25) is 14.5 Å². The predicted octanol–water partition coefficient (Wildman–Crippen LogP) is -0.368. The molecule has 0 bridgehead atoms. The van der Waals surface area contributed by atoms with E-state index in [2.05, 4.69) is 4.90 Å². The first-order valence-corrected chi connectivity index (χ1v) is 5.42. The van der Waals surface area contributed by atoms with Crippen molar-refractivity contribution in [2.45, 2.75) is 13.0 Å². The molecule has 0 spiro atoms. The number of rotatable bonds is 2. The minimum atomic E-state index is -0.223. The Hall–Kier alpha value is -1.20. The second kappa shape index (κ2) is 4.35. The number of hydrogen-bond acceptors (Lipinski definition) is 4. The number of carbonyl (C=O) groups is 2. The summed E-state index contributed by atoms with van der Waals surface area (Å²) in [5.41, 5.74) is 0.508. The lowest BCUT2D eigenvalue weighted by atomic mass is 10.2. The maximum Gasteiger partial charge on any atom is 0.256 e. The maximum atomic E-state index is 11.6. The summed E-state index contributed by atoms with van der Waals surface area (Å²) in [4.78, 5) is 26.5. The molecule has 0 radical (unpaired) electrons. The van der Waals surface area contributed by atoms with Crippen LogP contribution in [0.25, 0.3) is 0 Å². The summed E-state index contributed by atoms with van der Waals surface area (Å²) in [7, 11) is 2.01. The van der Waals surface area contributed by atoms with Crippen LogP contribution in [0.2, 0.25) is 0 Å². The first-order valence-electron chi connectivity index (χ1n) is 5.42. The van der Waals surface area contributed by atoms with Crippen molar-refractivity contribution < 1.29 is 14.3 Å². The third-order valence-electron chi connectivity index (χ3n) is 2.92. The molecule has 1 fully saturated rings. The molecule has 2 aliphatic rings. The average Bonchev–Trinajstić information content (AvgIpc) is 2.45. The largest absolute Gasteiger partial charge is 0.374 e. The van der Waals surface area contributed by atoms with Gasteiger partial charge in [0.2, 0.25) is 0 Å². The van der Waals surface area contributed by atoms with Crippen molar-refractivity contribution in [2.24, 2.45) is 0 Å². The summed E-state index contributed by atoms with van der Waals surface area (Å²) in [6.07, 6.45) is 1.32. The molecule has 0 saturated carbocycles. The highest BCUT2D eigenvalue weighted by Gasteiger charge is 2.31. The molecule has 1 atom stereocenters. The van der Waals surface area contributed by atoms with E-state index in [1.807, 2.05) is 7.05 Å². The summed E-state index contributed by atoms with van der Waals surface area (Å²) in [6.45, 7) is 4.33. The van der Waals surface area contributed by atoms with E-state index in [0.29, 0.717) is 18.7 Å². The van der Waals surface area contributed by atoms with Gasteiger partial charge in [0.05, 0.1) is 19.3 Å². The van der Waals surface area contributed by atoms with Crippen LogP contribution in [0.15, 0.2) is 11.6 Å². The summed E-state index contributed by atoms with van der Waals surface area (Å²) in [5, 5.41) is 0. The number of amides is 2. The highest BCUT2D eigenvalue weighted by molar-refractivity contribution is 6.15. The molecule has 2 aliphatic heterocycles. The molecule has 2 amide bonds. The molecule has 0 aromatic heterocycles. The van der Waals surface area contributed by atoms with Gasteiger partial charge in [-0.05, 0) is 14.0 Å². The molecular weight excluding hydrogens is 208 g/mol. The minimum absolute atomic E-state index is 0.0639. The molecule has 88 valence electrons. The van der Waals surface area contributed by atoms with Gasteiger partial charge >= 0.3 is 0 Å². The molecule has 5 heteroatoms. The van der Waals surface area contributed by atoms with Crippen molar-refractivity contribution in [2.75, 3.05) is 33.3 Å². The zero-order valence-electron chi connectivity index (χ0n) is 9.60. The number of ether oxygens (including phenoxy) is 1. The Labute approximate surface area is 94.6 Å². The van der Waals surface area contributed by atoms with E-state index in [0.717, 1.165) is 13.1 Å². The fourth-order valence-corrected chi connectivity index (χ4v) is 1.99. The first kappa shape index (κ1) is 11.3. The Bertz CT molecular complexity index is 351.